The Kier molecular flexibility index (Phi) is 4.99. The number of nitriles is 1. The minimum Gasteiger partial charge on any atom is -0.365 e. The van der Waals surface area contributed by atoms with Crippen LogP contribution in [0.15, 0.2) is 48.9 Å². The summed E-state index contributed by atoms with van der Waals surface area (Å²) in [5.41, 5.74) is 1.99. The van der Waals surface area contributed by atoms with Gasteiger partial charge in [0.15, 0.2) is 5.65 Å². The first-order chi connectivity index (χ1) is 14.3. The molecule has 0 bridgehead atoms. The molecule has 4 rings (SSSR count). The van der Waals surface area contributed by atoms with E-state index in [0.717, 1.165) is 26.9 Å². The van der Waals surface area contributed by atoms with Gasteiger partial charge in [-0.05, 0) is 51.1 Å². The zero-order valence-electron chi connectivity index (χ0n) is 16.7. The van der Waals surface area contributed by atoms with E-state index in [0.29, 0.717) is 5.56 Å². The van der Waals surface area contributed by atoms with Crippen LogP contribution in [0.2, 0.25) is 0 Å². The van der Waals surface area contributed by atoms with Gasteiger partial charge in [0.05, 0.1) is 33.1 Å². The van der Waals surface area contributed by atoms with Crippen LogP contribution in [0.5, 0.6) is 0 Å². The van der Waals surface area contributed by atoms with Crippen molar-refractivity contribution in [1.29, 1.82) is 5.26 Å². The Hall–Kier alpha value is -3.68. The fourth-order valence-electron chi connectivity index (χ4n) is 2.91. The summed E-state index contributed by atoms with van der Waals surface area (Å²) in [5.74, 6) is 6.27. The number of hydrogen-bond donors (Lipinski definition) is 1. The van der Waals surface area contributed by atoms with Crippen molar-refractivity contribution in [3.05, 3.63) is 70.7 Å². The molecular weight excluding hydrogens is 397 g/mol. The number of benzene rings is 1. The summed E-state index contributed by atoms with van der Waals surface area (Å²) >= 11 is 1.48. The van der Waals surface area contributed by atoms with E-state index in [1.807, 2.05) is 28.8 Å². The van der Waals surface area contributed by atoms with Gasteiger partial charge in [-0.25, -0.2) is 9.37 Å². The number of rotatable bonds is 2. The number of thiophene rings is 1. The lowest BCUT2D eigenvalue weighted by atomic mass is 10.1. The number of imidazole rings is 1. The van der Waals surface area contributed by atoms with Crippen molar-refractivity contribution in [1.82, 2.24) is 14.4 Å². The summed E-state index contributed by atoms with van der Waals surface area (Å²) < 4.78 is 15.9. The highest BCUT2D eigenvalue weighted by Gasteiger charge is 2.20. The van der Waals surface area contributed by atoms with Gasteiger partial charge in [-0.2, -0.15) is 5.26 Å². The zero-order valence-corrected chi connectivity index (χ0v) is 17.5. The van der Waals surface area contributed by atoms with Crippen molar-refractivity contribution in [2.75, 3.05) is 5.32 Å². The maximum Gasteiger partial charge on any atom is 0.157 e. The van der Waals surface area contributed by atoms with Gasteiger partial charge in [-0.3, -0.25) is 9.38 Å². The van der Waals surface area contributed by atoms with Gasteiger partial charge in [0, 0.05) is 17.9 Å². The molecule has 0 aliphatic carbocycles. The fourth-order valence-corrected chi connectivity index (χ4v) is 3.76. The second-order valence-corrected chi connectivity index (χ2v) is 8.79. The number of hydrogen-bond acceptors (Lipinski definition) is 5. The Balaban J connectivity index is 1.73. The van der Waals surface area contributed by atoms with E-state index in [9.17, 15) is 4.39 Å². The first-order valence-electron chi connectivity index (χ1n) is 9.26. The second kappa shape index (κ2) is 7.62. The Labute approximate surface area is 177 Å². The van der Waals surface area contributed by atoms with Crippen molar-refractivity contribution in [2.24, 2.45) is 0 Å². The monoisotopic (exact) mass is 415 g/mol. The van der Waals surface area contributed by atoms with E-state index in [1.54, 1.807) is 12.4 Å². The molecule has 1 N–H and O–H groups in total. The molecule has 7 heteroatoms. The SMILES string of the molecule is CC(C)(C)Nc1c(-c2ccc(C#Cc3cc(C#N)ccc3F)s2)nc2cnccn12. The molecule has 0 radical (unpaired) electrons. The molecule has 0 atom stereocenters. The molecule has 0 saturated heterocycles. The summed E-state index contributed by atoms with van der Waals surface area (Å²) in [6.07, 6.45) is 5.32. The normalized spacial score (nSPS) is 11.0. The van der Waals surface area contributed by atoms with E-state index in [2.05, 4.69) is 42.9 Å². The number of nitrogens with one attached hydrogen (secondary N) is 1. The highest BCUT2D eigenvalue weighted by molar-refractivity contribution is 7.16. The minimum atomic E-state index is -0.442. The Bertz CT molecular complexity index is 1340. The van der Waals surface area contributed by atoms with Crippen molar-refractivity contribution >= 4 is 22.8 Å². The topological polar surface area (TPSA) is 66.0 Å². The molecule has 5 nitrogen and oxygen atoms in total. The van der Waals surface area contributed by atoms with E-state index >= 15 is 0 Å². The molecule has 3 aromatic heterocycles. The number of nitrogens with zero attached hydrogens (tertiary/aromatic N) is 4. The van der Waals surface area contributed by atoms with Crippen LogP contribution in [0.25, 0.3) is 16.2 Å². The molecular formula is C23H18FN5S. The smallest absolute Gasteiger partial charge is 0.157 e. The summed E-state index contributed by atoms with van der Waals surface area (Å²) in [6.45, 7) is 6.27. The van der Waals surface area contributed by atoms with E-state index in [-0.39, 0.29) is 11.1 Å². The quantitative estimate of drug-likeness (QED) is 0.464. The summed E-state index contributed by atoms with van der Waals surface area (Å²) in [7, 11) is 0. The predicted octanol–water partition coefficient (Wildman–Crippen LogP) is 5.08. The Morgan fingerprint density at radius 1 is 1.17 bits per heavy atom. The lowest BCUT2D eigenvalue weighted by molar-refractivity contribution is 0.624. The summed E-state index contributed by atoms with van der Waals surface area (Å²) in [6, 6.07) is 10.0. The molecule has 1 aromatic carbocycles. The Morgan fingerprint density at radius 3 is 2.77 bits per heavy atom. The number of fused-ring (bicyclic) bond motifs is 1. The largest absolute Gasteiger partial charge is 0.365 e. The third-order valence-electron chi connectivity index (χ3n) is 4.18. The molecule has 148 valence electrons. The van der Waals surface area contributed by atoms with Gasteiger partial charge in [0.1, 0.15) is 17.3 Å². The minimum absolute atomic E-state index is 0.156. The predicted molar refractivity (Wildman–Crippen MR) is 117 cm³/mol. The highest BCUT2D eigenvalue weighted by atomic mass is 32.1. The van der Waals surface area contributed by atoms with Crippen LogP contribution in [0, 0.1) is 29.0 Å². The second-order valence-electron chi connectivity index (χ2n) is 7.71. The maximum atomic E-state index is 14.0. The molecule has 0 aliphatic rings. The zero-order chi connectivity index (χ0) is 21.3. The molecule has 4 aromatic rings. The molecule has 0 amide bonds. The van der Waals surface area contributed by atoms with Crippen LogP contribution >= 0.6 is 11.3 Å². The van der Waals surface area contributed by atoms with Gasteiger partial charge >= 0.3 is 0 Å². The first-order valence-corrected chi connectivity index (χ1v) is 10.1. The molecule has 0 saturated carbocycles. The maximum absolute atomic E-state index is 14.0. The van der Waals surface area contributed by atoms with Gasteiger partial charge in [0.2, 0.25) is 0 Å². The van der Waals surface area contributed by atoms with Crippen molar-refractivity contribution < 1.29 is 4.39 Å². The third kappa shape index (κ3) is 4.03. The van der Waals surface area contributed by atoms with Gasteiger partial charge in [0.25, 0.3) is 0 Å². The molecule has 30 heavy (non-hydrogen) atoms. The lowest BCUT2D eigenvalue weighted by Crippen LogP contribution is -2.27. The van der Waals surface area contributed by atoms with Gasteiger partial charge in [-0.15, -0.1) is 11.3 Å². The van der Waals surface area contributed by atoms with Crippen LogP contribution in [0.3, 0.4) is 0 Å². The van der Waals surface area contributed by atoms with Crippen molar-refractivity contribution in [3.63, 3.8) is 0 Å². The fraction of sp³-hybridized carbons (Fsp3) is 0.174. The number of aromatic nitrogens is 3. The van der Waals surface area contributed by atoms with Crippen molar-refractivity contribution in [3.8, 4) is 28.5 Å². The van der Waals surface area contributed by atoms with Crippen LogP contribution < -0.4 is 5.32 Å². The average molecular weight is 415 g/mol. The third-order valence-corrected chi connectivity index (χ3v) is 5.19. The summed E-state index contributed by atoms with van der Waals surface area (Å²) in [5, 5.41) is 12.5. The Morgan fingerprint density at radius 2 is 2.00 bits per heavy atom. The van der Waals surface area contributed by atoms with Gasteiger partial charge in [-0.1, -0.05) is 11.8 Å². The standard InChI is InChI=1S/C23H18FN5S/c1-23(2,3)28-22-21(27-20-14-26-10-11-29(20)22)19-9-7-17(30-19)6-5-16-12-15(13-25)4-8-18(16)24/h4,7-12,14,28H,1-3H3. The van der Waals surface area contributed by atoms with Gasteiger partial charge < -0.3 is 5.32 Å². The van der Waals surface area contributed by atoms with Crippen molar-refractivity contribution in [2.45, 2.75) is 26.3 Å². The molecule has 0 fully saturated rings. The average Bonchev–Trinajstić information content (AvgIpc) is 3.31. The van der Waals surface area contributed by atoms with E-state index < -0.39 is 5.82 Å². The molecule has 3 heterocycles. The number of anilines is 1. The van der Waals surface area contributed by atoms with E-state index in [1.165, 1.54) is 29.5 Å². The highest BCUT2D eigenvalue weighted by Crippen LogP contribution is 2.34. The van der Waals surface area contributed by atoms with Crippen LogP contribution in [0.1, 0.15) is 36.8 Å². The lowest BCUT2D eigenvalue weighted by Gasteiger charge is -2.22. The van der Waals surface area contributed by atoms with Crippen LogP contribution in [-0.4, -0.2) is 19.9 Å². The molecule has 0 spiro atoms. The van der Waals surface area contributed by atoms with Crippen LogP contribution in [-0.2, 0) is 0 Å². The molecule has 0 unspecified atom stereocenters. The molecule has 0 aliphatic heterocycles. The summed E-state index contributed by atoms with van der Waals surface area (Å²) in [4.78, 5) is 10.6. The van der Waals surface area contributed by atoms with E-state index in [4.69, 9.17) is 10.2 Å². The first kappa shape index (κ1) is 19.6. The van der Waals surface area contributed by atoms with Crippen LogP contribution in [0.4, 0.5) is 10.2 Å². The number of halogens is 1.